The number of hydrogen-bond acceptors (Lipinski definition) is 5. The van der Waals surface area contributed by atoms with Gasteiger partial charge in [0.1, 0.15) is 17.2 Å². The molecule has 0 radical (unpaired) electrons. The first-order valence-corrected chi connectivity index (χ1v) is 11.1. The van der Waals surface area contributed by atoms with E-state index in [0.29, 0.717) is 42.6 Å². The van der Waals surface area contributed by atoms with Crippen LogP contribution in [-0.2, 0) is 17.3 Å². The van der Waals surface area contributed by atoms with Gasteiger partial charge in [-0.1, -0.05) is 0 Å². The summed E-state index contributed by atoms with van der Waals surface area (Å²) in [4.78, 5) is 14.2. The van der Waals surface area contributed by atoms with Crippen molar-refractivity contribution in [3.8, 4) is 16.9 Å². The Hall–Kier alpha value is -3.30. The quantitative estimate of drug-likeness (QED) is 0.554. The van der Waals surface area contributed by atoms with Crippen molar-refractivity contribution in [3.05, 3.63) is 47.9 Å². The van der Waals surface area contributed by atoms with E-state index in [2.05, 4.69) is 10.2 Å². The zero-order chi connectivity index (χ0) is 24.7. The monoisotopic (exact) mass is 476 g/mol. The van der Waals surface area contributed by atoms with Crippen LogP contribution in [0.25, 0.3) is 16.8 Å². The number of phenolic OH excluding ortho intramolecular Hbond substituents is 1. The Labute approximate surface area is 195 Å². The molecule has 0 aliphatic carbocycles. The fourth-order valence-corrected chi connectivity index (χ4v) is 4.23. The fourth-order valence-electron chi connectivity index (χ4n) is 4.23. The predicted molar refractivity (Wildman–Crippen MR) is 119 cm³/mol. The highest BCUT2D eigenvalue weighted by Crippen LogP contribution is 2.37. The fraction of sp³-hybridized carbons (Fsp3) is 0.458. The van der Waals surface area contributed by atoms with Gasteiger partial charge in [0.15, 0.2) is 5.65 Å². The van der Waals surface area contributed by atoms with E-state index in [9.17, 15) is 23.1 Å². The lowest BCUT2D eigenvalue weighted by Gasteiger charge is -2.33. The SMILES string of the molecule is CC(C)(C)OC(=O)N1CCCC(Cc2nnc3c(-c4ccc(C(F)(F)F)cc4O)cccn23)C1. The Morgan fingerprint density at radius 3 is 2.62 bits per heavy atom. The van der Waals surface area contributed by atoms with Crippen LogP contribution in [0.3, 0.4) is 0 Å². The van der Waals surface area contributed by atoms with Gasteiger partial charge in [-0.15, -0.1) is 10.2 Å². The van der Waals surface area contributed by atoms with Gasteiger partial charge < -0.3 is 14.7 Å². The molecule has 4 rings (SSSR count). The van der Waals surface area contributed by atoms with Crippen LogP contribution < -0.4 is 0 Å². The van der Waals surface area contributed by atoms with E-state index in [0.717, 1.165) is 18.9 Å². The van der Waals surface area contributed by atoms with E-state index < -0.39 is 23.1 Å². The van der Waals surface area contributed by atoms with Gasteiger partial charge in [0, 0.05) is 36.8 Å². The standard InChI is InChI=1S/C24H27F3N4O3/c1-23(2,3)34-22(33)30-10-4-6-15(14-30)12-20-28-29-21-18(7-5-11-31(20)21)17-9-8-16(13-19(17)32)24(25,26)27/h5,7-9,11,13,15,32H,4,6,10,12,14H2,1-3H3. The van der Waals surface area contributed by atoms with Crippen molar-refractivity contribution >= 4 is 11.7 Å². The Morgan fingerprint density at radius 1 is 1.18 bits per heavy atom. The summed E-state index contributed by atoms with van der Waals surface area (Å²) in [6.45, 7) is 6.69. The molecule has 1 aromatic carbocycles. The molecule has 10 heteroatoms. The number of halogens is 3. The number of hydrogen-bond donors (Lipinski definition) is 1. The molecular weight excluding hydrogens is 449 g/mol. The minimum Gasteiger partial charge on any atom is -0.507 e. The first kappa shape index (κ1) is 23.8. The second kappa shape index (κ2) is 8.81. The van der Waals surface area contributed by atoms with Gasteiger partial charge in [-0.05, 0) is 69.9 Å². The van der Waals surface area contributed by atoms with E-state index in [4.69, 9.17) is 4.74 Å². The Morgan fingerprint density at radius 2 is 1.94 bits per heavy atom. The average molecular weight is 476 g/mol. The number of aromatic nitrogens is 3. The Bertz CT molecular complexity index is 1200. The van der Waals surface area contributed by atoms with Gasteiger partial charge in [0.2, 0.25) is 0 Å². The number of benzene rings is 1. The van der Waals surface area contributed by atoms with E-state index >= 15 is 0 Å². The van der Waals surface area contributed by atoms with E-state index in [1.165, 1.54) is 6.07 Å². The maximum Gasteiger partial charge on any atom is 0.416 e. The highest BCUT2D eigenvalue weighted by atomic mass is 19.4. The number of fused-ring (bicyclic) bond motifs is 1. The number of amides is 1. The van der Waals surface area contributed by atoms with Crippen LogP contribution in [0.5, 0.6) is 5.75 Å². The van der Waals surface area contributed by atoms with Crippen LogP contribution in [-0.4, -0.2) is 49.4 Å². The molecule has 34 heavy (non-hydrogen) atoms. The summed E-state index contributed by atoms with van der Waals surface area (Å²) in [6.07, 6.45) is -0.744. The summed E-state index contributed by atoms with van der Waals surface area (Å²) in [5.74, 6) is 0.365. The van der Waals surface area contributed by atoms with Crippen molar-refractivity contribution in [2.45, 2.75) is 51.8 Å². The molecule has 1 N–H and O–H groups in total. The van der Waals surface area contributed by atoms with Crippen LogP contribution in [0.2, 0.25) is 0 Å². The highest BCUT2D eigenvalue weighted by Gasteiger charge is 2.32. The van der Waals surface area contributed by atoms with Crippen molar-refractivity contribution in [2.24, 2.45) is 5.92 Å². The second-order valence-corrected chi connectivity index (χ2v) is 9.60. The zero-order valence-electron chi connectivity index (χ0n) is 19.3. The van der Waals surface area contributed by atoms with Crippen LogP contribution in [0.4, 0.5) is 18.0 Å². The number of alkyl halides is 3. The van der Waals surface area contributed by atoms with Crippen LogP contribution in [0.15, 0.2) is 36.5 Å². The topological polar surface area (TPSA) is 80.0 Å². The largest absolute Gasteiger partial charge is 0.507 e. The van der Waals surface area contributed by atoms with Crippen molar-refractivity contribution in [2.75, 3.05) is 13.1 Å². The molecule has 0 bridgehead atoms. The van der Waals surface area contributed by atoms with Gasteiger partial charge in [-0.2, -0.15) is 13.2 Å². The van der Waals surface area contributed by atoms with Gasteiger partial charge >= 0.3 is 12.3 Å². The third-order valence-corrected chi connectivity index (χ3v) is 5.76. The summed E-state index contributed by atoms with van der Waals surface area (Å²) in [5, 5.41) is 18.8. The Kier molecular flexibility index (Phi) is 6.18. The van der Waals surface area contributed by atoms with Gasteiger partial charge in [0.25, 0.3) is 0 Å². The molecule has 7 nitrogen and oxygen atoms in total. The minimum atomic E-state index is -4.54. The molecule has 0 spiro atoms. The molecule has 1 fully saturated rings. The average Bonchev–Trinajstić information content (AvgIpc) is 3.15. The minimum absolute atomic E-state index is 0.164. The lowest BCUT2D eigenvalue weighted by atomic mass is 9.94. The Balaban J connectivity index is 1.56. The number of aromatic hydroxyl groups is 1. The number of ether oxygens (including phenoxy) is 1. The van der Waals surface area contributed by atoms with E-state index in [-0.39, 0.29) is 17.6 Å². The summed E-state index contributed by atoms with van der Waals surface area (Å²) >= 11 is 0. The predicted octanol–water partition coefficient (Wildman–Crippen LogP) is 5.31. The number of nitrogens with zero attached hydrogens (tertiary/aromatic N) is 4. The molecule has 3 heterocycles. The number of likely N-dealkylation sites (tertiary alicyclic amines) is 1. The molecule has 1 atom stereocenters. The lowest BCUT2D eigenvalue weighted by molar-refractivity contribution is -0.137. The van der Waals surface area contributed by atoms with Crippen LogP contribution in [0.1, 0.15) is 45.0 Å². The number of pyridine rings is 1. The molecular formula is C24H27F3N4O3. The van der Waals surface area contributed by atoms with E-state index in [1.54, 1.807) is 27.6 Å². The van der Waals surface area contributed by atoms with Crippen molar-refractivity contribution in [3.63, 3.8) is 0 Å². The maximum absolute atomic E-state index is 13.0. The summed E-state index contributed by atoms with van der Waals surface area (Å²) in [7, 11) is 0. The summed E-state index contributed by atoms with van der Waals surface area (Å²) in [6, 6.07) is 6.30. The number of rotatable bonds is 3. The molecule has 3 aromatic rings. The molecule has 1 amide bonds. The second-order valence-electron chi connectivity index (χ2n) is 9.60. The summed E-state index contributed by atoms with van der Waals surface area (Å²) in [5.41, 5.74) is -0.326. The smallest absolute Gasteiger partial charge is 0.416 e. The third kappa shape index (κ3) is 5.10. The van der Waals surface area contributed by atoms with Crippen molar-refractivity contribution < 1.29 is 27.8 Å². The van der Waals surface area contributed by atoms with Gasteiger partial charge in [0.05, 0.1) is 5.56 Å². The number of carbonyl (C=O) groups excluding carboxylic acids is 1. The summed E-state index contributed by atoms with van der Waals surface area (Å²) < 4.78 is 46.2. The molecule has 0 saturated carbocycles. The van der Waals surface area contributed by atoms with Gasteiger partial charge in [-0.25, -0.2) is 4.79 Å². The lowest BCUT2D eigenvalue weighted by Crippen LogP contribution is -2.43. The normalized spacial score (nSPS) is 17.2. The molecule has 1 unspecified atom stereocenters. The van der Waals surface area contributed by atoms with Crippen LogP contribution in [0, 0.1) is 5.92 Å². The van der Waals surface area contributed by atoms with Gasteiger partial charge in [-0.3, -0.25) is 4.40 Å². The third-order valence-electron chi connectivity index (χ3n) is 5.76. The molecule has 1 saturated heterocycles. The first-order valence-electron chi connectivity index (χ1n) is 11.1. The number of carbonyl (C=O) groups is 1. The maximum atomic E-state index is 13.0. The zero-order valence-corrected chi connectivity index (χ0v) is 19.3. The molecule has 1 aliphatic rings. The van der Waals surface area contributed by atoms with E-state index in [1.807, 2.05) is 20.8 Å². The number of piperidine rings is 1. The molecule has 2 aromatic heterocycles. The van der Waals surface area contributed by atoms with Crippen molar-refractivity contribution in [1.29, 1.82) is 0 Å². The number of phenols is 1. The molecule has 1 aliphatic heterocycles. The highest BCUT2D eigenvalue weighted by molar-refractivity contribution is 5.81. The molecule has 182 valence electrons. The van der Waals surface area contributed by atoms with Crippen LogP contribution >= 0.6 is 0 Å². The first-order chi connectivity index (χ1) is 15.9. The van der Waals surface area contributed by atoms with Crippen molar-refractivity contribution in [1.82, 2.24) is 19.5 Å².